The second kappa shape index (κ2) is 5.10. The third-order valence-electron chi connectivity index (χ3n) is 4.11. The van der Waals surface area contributed by atoms with Crippen LogP contribution in [0.3, 0.4) is 0 Å². The molecular weight excluding hydrogens is 298 g/mol. The van der Waals surface area contributed by atoms with Gasteiger partial charge in [0.1, 0.15) is 0 Å². The second-order valence-electron chi connectivity index (χ2n) is 5.49. The maximum absolute atomic E-state index is 5.87. The third kappa shape index (κ3) is 2.75. The Balaban J connectivity index is 1.76. The van der Waals surface area contributed by atoms with E-state index in [1.54, 1.807) is 0 Å². The van der Waals surface area contributed by atoms with Gasteiger partial charge >= 0.3 is 0 Å². The van der Waals surface area contributed by atoms with Crippen LogP contribution >= 0.6 is 15.9 Å². The summed E-state index contributed by atoms with van der Waals surface area (Å²) in [5, 5.41) is 0. The summed E-state index contributed by atoms with van der Waals surface area (Å²) in [6, 6.07) is 17.5. The van der Waals surface area contributed by atoms with Gasteiger partial charge in [0.25, 0.3) is 0 Å². The first-order chi connectivity index (χ1) is 9.22. The van der Waals surface area contributed by atoms with Crippen molar-refractivity contribution in [2.45, 2.75) is 24.7 Å². The predicted octanol–water partition coefficient (Wildman–Crippen LogP) is 4.03. The summed E-state index contributed by atoms with van der Waals surface area (Å²) in [6.45, 7) is 0.776. The summed E-state index contributed by atoms with van der Waals surface area (Å²) >= 11 is 3.52. The zero-order chi connectivity index (χ0) is 13.3. The molecule has 19 heavy (non-hydrogen) atoms. The number of hydrogen-bond acceptors (Lipinski definition) is 1. The minimum absolute atomic E-state index is 0.300. The number of nitrogens with two attached hydrogens (primary N) is 1. The van der Waals surface area contributed by atoms with Crippen molar-refractivity contribution >= 4 is 15.9 Å². The molecule has 0 bridgehead atoms. The molecule has 2 heteroatoms. The van der Waals surface area contributed by atoms with E-state index in [2.05, 4.69) is 64.5 Å². The molecule has 0 radical (unpaired) electrons. The molecule has 2 aromatic rings. The van der Waals surface area contributed by atoms with Gasteiger partial charge in [0.15, 0.2) is 0 Å². The van der Waals surface area contributed by atoms with E-state index in [4.69, 9.17) is 5.73 Å². The van der Waals surface area contributed by atoms with Crippen molar-refractivity contribution in [2.75, 3.05) is 6.54 Å². The minimum Gasteiger partial charge on any atom is -0.330 e. The highest BCUT2D eigenvalue weighted by molar-refractivity contribution is 9.10. The average Bonchev–Trinajstić information content (AvgIpc) is 3.21. The van der Waals surface area contributed by atoms with E-state index in [0.29, 0.717) is 5.41 Å². The third-order valence-corrected chi connectivity index (χ3v) is 4.60. The molecule has 2 aromatic carbocycles. The van der Waals surface area contributed by atoms with E-state index in [0.717, 1.165) is 17.4 Å². The van der Waals surface area contributed by atoms with Crippen LogP contribution in [0.25, 0.3) is 0 Å². The fourth-order valence-corrected chi connectivity index (χ4v) is 3.07. The highest BCUT2D eigenvalue weighted by Gasteiger charge is 2.42. The monoisotopic (exact) mass is 315 g/mol. The van der Waals surface area contributed by atoms with Crippen molar-refractivity contribution in [2.24, 2.45) is 5.73 Å². The van der Waals surface area contributed by atoms with E-state index in [-0.39, 0.29) is 0 Å². The lowest BCUT2D eigenvalue weighted by atomic mass is 9.94. The molecule has 1 saturated carbocycles. The number of rotatable bonds is 4. The molecular formula is C17H18BrN. The Morgan fingerprint density at radius 1 is 1.00 bits per heavy atom. The molecule has 0 heterocycles. The Hall–Kier alpha value is -1.12. The Labute approximate surface area is 123 Å². The molecule has 0 spiro atoms. The summed E-state index contributed by atoms with van der Waals surface area (Å²) in [4.78, 5) is 0. The highest BCUT2D eigenvalue weighted by atomic mass is 79.9. The molecule has 1 fully saturated rings. The Kier molecular flexibility index (Phi) is 3.46. The molecule has 0 atom stereocenters. The van der Waals surface area contributed by atoms with E-state index < -0.39 is 0 Å². The van der Waals surface area contributed by atoms with Gasteiger partial charge in [-0.15, -0.1) is 0 Å². The van der Waals surface area contributed by atoms with Gasteiger partial charge in [0.2, 0.25) is 0 Å². The van der Waals surface area contributed by atoms with Crippen LogP contribution in [0.2, 0.25) is 0 Å². The lowest BCUT2D eigenvalue weighted by Crippen LogP contribution is -2.19. The van der Waals surface area contributed by atoms with E-state index in [1.807, 2.05) is 0 Å². The van der Waals surface area contributed by atoms with Crippen molar-refractivity contribution < 1.29 is 0 Å². The van der Waals surface area contributed by atoms with Crippen molar-refractivity contribution in [3.8, 4) is 0 Å². The van der Waals surface area contributed by atoms with E-state index in [1.165, 1.54) is 29.5 Å². The lowest BCUT2D eigenvalue weighted by Gasteiger charge is -2.13. The maximum atomic E-state index is 5.87. The summed E-state index contributed by atoms with van der Waals surface area (Å²) in [6.07, 6.45) is 3.47. The molecule has 1 aliphatic rings. The maximum Gasteiger partial charge on any atom is 0.0178 e. The normalized spacial score (nSPS) is 16.3. The standard InChI is InChI=1S/C17H18BrN/c18-16-3-1-2-14(11-16)10-13-4-6-15(7-5-13)17(12-19)8-9-17/h1-7,11H,8-10,12,19H2. The first-order valence-corrected chi connectivity index (χ1v) is 7.55. The van der Waals surface area contributed by atoms with E-state index >= 15 is 0 Å². The van der Waals surface area contributed by atoms with Crippen molar-refractivity contribution in [3.05, 3.63) is 69.7 Å². The van der Waals surface area contributed by atoms with Gasteiger partial charge in [-0.05, 0) is 48.1 Å². The molecule has 0 unspecified atom stereocenters. The smallest absolute Gasteiger partial charge is 0.0178 e. The molecule has 3 rings (SSSR count). The Morgan fingerprint density at radius 2 is 1.74 bits per heavy atom. The predicted molar refractivity (Wildman–Crippen MR) is 83.4 cm³/mol. The van der Waals surface area contributed by atoms with Gasteiger partial charge in [-0.2, -0.15) is 0 Å². The molecule has 0 amide bonds. The van der Waals surface area contributed by atoms with Crippen LogP contribution in [0.5, 0.6) is 0 Å². The Bertz CT molecular complexity index is 570. The van der Waals surface area contributed by atoms with E-state index in [9.17, 15) is 0 Å². The van der Waals surface area contributed by atoms with Crippen molar-refractivity contribution in [1.29, 1.82) is 0 Å². The topological polar surface area (TPSA) is 26.0 Å². The van der Waals surface area contributed by atoms with Gasteiger partial charge < -0.3 is 5.73 Å². The number of halogens is 1. The van der Waals surface area contributed by atoms with Crippen LogP contribution in [-0.4, -0.2) is 6.54 Å². The molecule has 0 aromatic heterocycles. The van der Waals surface area contributed by atoms with Crippen LogP contribution in [0.15, 0.2) is 53.0 Å². The fourth-order valence-electron chi connectivity index (χ4n) is 2.62. The van der Waals surface area contributed by atoms with Crippen molar-refractivity contribution in [1.82, 2.24) is 0 Å². The summed E-state index contributed by atoms with van der Waals surface area (Å²) < 4.78 is 1.14. The first-order valence-electron chi connectivity index (χ1n) is 6.76. The second-order valence-corrected chi connectivity index (χ2v) is 6.40. The van der Waals surface area contributed by atoms with Crippen LogP contribution in [0, 0.1) is 0 Å². The largest absolute Gasteiger partial charge is 0.330 e. The number of benzene rings is 2. The summed E-state index contributed by atoms with van der Waals surface area (Å²) in [5.41, 5.74) is 10.3. The lowest BCUT2D eigenvalue weighted by molar-refractivity contribution is 0.704. The van der Waals surface area contributed by atoms with Gasteiger partial charge in [0.05, 0.1) is 0 Å². The summed E-state index contributed by atoms with van der Waals surface area (Å²) in [7, 11) is 0. The molecule has 0 aliphatic heterocycles. The van der Waals surface area contributed by atoms with Gasteiger partial charge in [-0.1, -0.05) is 52.3 Å². The SMILES string of the molecule is NCC1(c2ccc(Cc3cccc(Br)c3)cc2)CC1. The fraction of sp³-hybridized carbons (Fsp3) is 0.294. The van der Waals surface area contributed by atoms with Crippen LogP contribution in [0.4, 0.5) is 0 Å². The quantitative estimate of drug-likeness (QED) is 0.905. The summed E-state index contributed by atoms with van der Waals surface area (Å²) in [5.74, 6) is 0. The number of hydrogen-bond donors (Lipinski definition) is 1. The zero-order valence-corrected chi connectivity index (χ0v) is 12.5. The molecule has 98 valence electrons. The molecule has 0 saturated heterocycles. The highest BCUT2D eigenvalue weighted by Crippen LogP contribution is 2.47. The molecule has 1 nitrogen and oxygen atoms in total. The zero-order valence-electron chi connectivity index (χ0n) is 10.9. The van der Waals surface area contributed by atoms with Crippen LogP contribution < -0.4 is 5.73 Å². The average molecular weight is 316 g/mol. The first kappa shape index (κ1) is 12.9. The van der Waals surface area contributed by atoms with Crippen molar-refractivity contribution in [3.63, 3.8) is 0 Å². The molecule has 2 N–H and O–H groups in total. The minimum atomic E-state index is 0.300. The van der Waals surface area contributed by atoms with Crippen LogP contribution in [0.1, 0.15) is 29.5 Å². The van der Waals surface area contributed by atoms with Gasteiger partial charge in [-0.25, -0.2) is 0 Å². The van der Waals surface area contributed by atoms with Gasteiger partial charge in [0, 0.05) is 16.4 Å². The Morgan fingerprint density at radius 3 is 2.32 bits per heavy atom. The van der Waals surface area contributed by atoms with Gasteiger partial charge in [-0.3, -0.25) is 0 Å². The van der Waals surface area contributed by atoms with Crippen LogP contribution in [-0.2, 0) is 11.8 Å². The molecule has 1 aliphatic carbocycles.